The molecule has 2 fully saturated rings. The van der Waals surface area contributed by atoms with Crippen molar-refractivity contribution in [2.45, 2.75) is 102 Å². The molecule has 4 rings (SSSR count). The molecule has 0 bridgehead atoms. The highest BCUT2D eigenvalue weighted by molar-refractivity contribution is 5.61. The molecule has 0 heterocycles. The number of benzene rings is 2. The fraction of sp³-hybridized carbons (Fsp3) is 0.562. The van der Waals surface area contributed by atoms with Crippen molar-refractivity contribution >= 4 is 5.83 Å². The summed E-state index contributed by atoms with van der Waals surface area (Å²) in [7, 11) is 0. The molecule has 38 heavy (non-hydrogen) atoms. The Hall–Kier alpha value is -2.24. The minimum Gasteiger partial charge on any atom is -0.209 e. The zero-order valence-electron chi connectivity index (χ0n) is 22.2. The molecule has 2 aromatic carbocycles. The van der Waals surface area contributed by atoms with E-state index in [4.69, 9.17) is 0 Å². The normalized spacial score (nSPS) is 24.8. The summed E-state index contributed by atoms with van der Waals surface area (Å²) in [6.07, 6.45) is 11.1. The highest BCUT2D eigenvalue weighted by Crippen LogP contribution is 2.42. The van der Waals surface area contributed by atoms with Gasteiger partial charge in [-0.15, -0.1) is 0 Å². The van der Waals surface area contributed by atoms with Gasteiger partial charge in [0.1, 0.15) is 11.6 Å². The van der Waals surface area contributed by atoms with E-state index >= 15 is 0 Å². The van der Waals surface area contributed by atoms with Gasteiger partial charge in [-0.2, -0.15) is 0 Å². The van der Waals surface area contributed by atoms with Crippen molar-refractivity contribution in [2.75, 3.05) is 0 Å². The maximum absolute atomic E-state index is 14.8. The summed E-state index contributed by atoms with van der Waals surface area (Å²) in [5, 5.41) is 0. The lowest BCUT2D eigenvalue weighted by molar-refractivity contribution is 0.250. The number of rotatable bonds is 9. The predicted molar refractivity (Wildman–Crippen MR) is 140 cm³/mol. The summed E-state index contributed by atoms with van der Waals surface area (Å²) in [5.74, 6) is -4.51. The molecular weight excluding hydrogens is 498 g/mol. The van der Waals surface area contributed by atoms with Crippen LogP contribution in [0.15, 0.2) is 36.2 Å². The molecule has 0 nitrogen and oxygen atoms in total. The Bertz CT molecular complexity index is 1080. The summed E-state index contributed by atoms with van der Waals surface area (Å²) in [6, 6.07) is 6.53. The van der Waals surface area contributed by atoms with Crippen LogP contribution in [0.3, 0.4) is 0 Å². The molecule has 0 aromatic heterocycles. The lowest BCUT2D eigenvalue weighted by Gasteiger charge is -2.32. The van der Waals surface area contributed by atoms with Gasteiger partial charge in [0.2, 0.25) is 0 Å². The van der Waals surface area contributed by atoms with E-state index < -0.39 is 34.9 Å². The third-order valence-corrected chi connectivity index (χ3v) is 8.84. The Morgan fingerprint density at radius 2 is 1.26 bits per heavy atom. The molecule has 0 saturated heterocycles. The fourth-order valence-electron chi connectivity index (χ4n) is 6.42. The van der Waals surface area contributed by atoms with Crippen molar-refractivity contribution in [3.63, 3.8) is 0 Å². The molecule has 0 atom stereocenters. The number of halogens is 6. The Labute approximate surface area is 222 Å². The average molecular weight is 537 g/mol. The second-order valence-corrected chi connectivity index (χ2v) is 11.4. The van der Waals surface area contributed by atoms with E-state index in [9.17, 15) is 26.3 Å². The first-order chi connectivity index (χ1) is 18.3. The number of allylic oxidation sites excluding steroid dienone is 1. The van der Waals surface area contributed by atoms with Crippen molar-refractivity contribution in [2.24, 2.45) is 11.8 Å². The highest BCUT2D eigenvalue weighted by Gasteiger charge is 2.28. The van der Waals surface area contributed by atoms with Gasteiger partial charge in [-0.3, -0.25) is 0 Å². The molecule has 0 amide bonds. The van der Waals surface area contributed by atoms with Crippen LogP contribution in [-0.4, -0.2) is 0 Å². The minimum atomic E-state index is -1.41. The second-order valence-electron chi connectivity index (χ2n) is 11.4. The number of unbranched alkanes of at least 4 members (excludes halogenated alkanes) is 1. The number of hydrogen-bond donors (Lipinski definition) is 0. The van der Waals surface area contributed by atoms with E-state index in [0.717, 1.165) is 88.8 Å². The summed E-state index contributed by atoms with van der Waals surface area (Å²) in [5.41, 5.74) is 1.12. The molecule has 0 unspecified atom stereocenters. The fourth-order valence-corrected chi connectivity index (χ4v) is 6.42. The minimum absolute atomic E-state index is 0.0297. The van der Waals surface area contributed by atoms with Crippen LogP contribution in [0, 0.1) is 35.1 Å². The second kappa shape index (κ2) is 13.2. The summed E-state index contributed by atoms with van der Waals surface area (Å²) in [6.45, 7) is 1.91. The molecule has 2 saturated carbocycles. The van der Waals surface area contributed by atoms with Crippen LogP contribution >= 0.6 is 0 Å². The molecule has 0 spiro atoms. The molecule has 208 valence electrons. The summed E-state index contributed by atoms with van der Waals surface area (Å²) >= 11 is 0. The first-order valence-corrected chi connectivity index (χ1v) is 14.2. The van der Waals surface area contributed by atoms with E-state index in [0.29, 0.717) is 29.4 Å². The van der Waals surface area contributed by atoms with Gasteiger partial charge in [0, 0.05) is 12.0 Å². The van der Waals surface area contributed by atoms with Crippen LogP contribution in [0.5, 0.6) is 0 Å². The Morgan fingerprint density at radius 1 is 0.711 bits per heavy atom. The van der Waals surface area contributed by atoms with E-state index in [1.54, 1.807) is 6.07 Å². The van der Waals surface area contributed by atoms with Crippen LogP contribution < -0.4 is 0 Å². The first-order valence-electron chi connectivity index (χ1n) is 14.2. The van der Waals surface area contributed by atoms with Gasteiger partial charge in [-0.25, -0.2) is 26.3 Å². The third kappa shape index (κ3) is 7.04. The van der Waals surface area contributed by atoms with Crippen molar-refractivity contribution in [3.05, 3.63) is 76.1 Å². The lowest BCUT2D eigenvalue weighted by Crippen LogP contribution is -2.18. The maximum Gasteiger partial charge on any atom is 0.194 e. The van der Waals surface area contributed by atoms with Gasteiger partial charge in [-0.1, -0.05) is 38.3 Å². The predicted octanol–water partition coefficient (Wildman–Crippen LogP) is 11.1. The van der Waals surface area contributed by atoms with Crippen molar-refractivity contribution in [1.29, 1.82) is 0 Å². The number of hydrogen-bond acceptors (Lipinski definition) is 0. The molecule has 0 radical (unpaired) electrons. The smallest absolute Gasteiger partial charge is 0.194 e. The van der Waals surface area contributed by atoms with Crippen LogP contribution in [0.4, 0.5) is 26.3 Å². The Morgan fingerprint density at radius 3 is 1.79 bits per heavy atom. The first kappa shape index (κ1) is 28.8. The van der Waals surface area contributed by atoms with Gasteiger partial charge in [-0.05, 0) is 111 Å². The van der Waals surface area contributed by atoms with Crippen LogP contribution in [0.1, 0.15) is 119 Å². The van der Waals surface area contributed by atoms with E-state index in [2.05, 4.69) is 0 Å². The van der Waals surface area contributed by atoms with E-state index in [1.807, 2.05) is 6.92 Å². The zero-order valence-corrected chi connectivity index (χ0v) is 22.2. The topological polar surface area (TPSA) is 0 Å². The average Bonchev–Trinajstić information content (AvgIpc) is 2.93. The van der Waals surface area contributed by atoms with Crippen LogP contribution in [0.2, 0.25) is 0 Å². The van der Waals surface area contributed by atoms with E-state index in [1.165, 1.54) is 6.07 Å². The van der Waals surface area contributed by atoms with Crippen molar-refractivity contribution < 1.29 is 26.3 Å². The summed E-state index contributed by atoms with van der Waals surface area (Å²) < 4.78 is 83.7. The van der Waals surface area contributed by atoms with Gasteiger partial charge < -0.3 is 0 Å². The maximum atomic E-state index is 14.8. The molecule has 2 aromatic rings. The standard InChI is InChI=1S/C32H38F6/c1-2-3-4-27(33)31(37)24-15-16-26(28(34)17-24)23-13-9-21(10-14-23)6-5-20-7-11-22(12-8-20)25-18-29(35)32(38)30(36)19-25/h15-23H,2-14H2,1H3. The largest absolute Gasteiger partial charge is 0.209 e. The van der Waals surface area contributed by atoms with Gasteiger partial charge in [0.15, 0.2) is 23.3 Å². The molecule has 0 aliphatic heterocycles. The van der Waals surface area contributed by atoms with Crippen LogP contribution in [-0.2, 0) is 0 Å². The van der Waals surface area contributed by atoms with Crippen molar-refractivity contribution in [3.8, 4) is 0 Å². The van der Waals surface area contributed by atoms with Gasteiger partial charge in [0.25, 0.3) is 0 Å². The summed E-state index contributed by atoms with van der Waals surface area (Å²) in [4.78, 5) is 0. The van der Waals surface area contributed by atoms with Gasteiger partial charge in [0.05, 0.1) is 0 Å². The molecule has 6 heteroatoms. The lowest BCUT2D eigenvalue weighted by atomic mass is 9.73. The molecule has 0 N–H and O–H groups in total. The van der Waals surface area contributed by atoms with Crippen molar-refractivity contribution in [1.82, 2.24) is 0 Å². The highest BCUT2D eigenvalue weighted by atomic mass is 19.2. The molecular formula is C32H38F6. The van der Waals surface area contributed by atoms with Crippen LogP contribution in [0.25, 0.3) is 5.83 Å². The molecule has 2 aliphatic rings. The Kier molecular flexibility index (Phi) is 10.00. The monoisotopic (exact) mass is 536 g/mol. The third-order valence-electron chi connectivity index (χ3n) is 8.84. The SMILES string of the molecule is CCCCC(F)=C(F)c1ccc(C2CCC(CCC3CCC(c4cc(F)c(F)c(F)c4)CC3)CC2)c(F)c1. The zero-order chi connectivity index (χ0) is 27.2. The molecule has 2 aliphatic carbocycles. The quantitative estimate of drug-likeness (QED) is 0.221. The Balaban J connectivity index is 1.22. The van der Waals surface area contributed by atoms with E-state index in [-0.39, 0.29) is 23.8 Å². The van der Waals surface area contributed by atoms with Gasteiger partial charge >= 0.3 is 0 Å².